The molecule has 0 aromatic carbocycles. The molecule has 1 atom stereocenters. The van der Waals surface area contributed by atoms with Crippen LogP contribution >= 0.6 is 0 Å². The summed E-state index contributed by atoms with van der Waals surface area (Å²) < 4.78 is 0. The van der Waals surface area contributed by atoms with Crippen molar-refractivity contribution in [1.29, 1.82) is 0 Å². The highest BCUT2D eigenvalue weighted by Crippen LogP contribution is 2.14. The highest BCUT2D eigenvalue weighted by molar-refractivity contribution is 4.78. The van der Waals surface area contributed by atoms with Crippen molar-refractivity contribution in [1.82, 2.24) is 5.32 Å². The van der Waals surface area contributed by atoms with Crippen molar-refractivity contribution >= 4 is 0 Å². The molecule has 3 nitrogen and oxygen atoms in total. The van der Waals surface area contributed by atoms with E-state index in [-0.39, 0.29) is 6.61 Å². The molecule has 3 heteroatoms. The fraction of sp³-hybridized carbons (Fsp3) is 1.00. The topological polar surface area (TPSA) is 52.5 Å². The number of nitrogens with one attached hydrogen (secondary N) is 1. The van der Waals surface area contributed by atoms with Gasteiger partial charge in [0, 0.05) is 12.6 Å². The summed E-state index contributed by atoms with van der Waals surface area (Å²) in [7, 11) is 0. The first-order chi connectivity index (χ1) is 7.26. The predicted molar refractivity (Wildman–Crippen MR) is 68.4 cm³/mol. The molecule has 0 saturated heterocycles. The monoisotopic (exact) mass is 231 g/mol. The zero-order valence-corrected chi connectivity index (χ0v) is 11.5. The molecule has 0 rings (SSSR count). The predicted octanol–water partition coefficient (Wildman–Crippen LogP) is 1.78. The van der Waals surface area contributed by atoms with Crippen LogP contribution in [0.25, 0.3) is 0 Å². The van der Waals surface area contributed by atoms with Gasteiger partial charge in [-0.3, -0.25) is 0 Å². The maximum Gasteiger partial charge on any atom is 0.0972 e. The lowest BCUT2D eigenvalue weighted by Gasteiger charge is -2.27. The molecule has 0 aliphatic rings. The number of aliphatic hydroxyl groups is 2. The molecule has 0 spiro atoms. The molecule has 0 heterocycles. The second-order valence-corrected chi connectivity index (χ2v) is 5.99. The Bertz CT molecular complexity index is 169. The molecule has 3 N–H and O–H groups in total. The second-order valence-electron chi connectivity index (χ2n) is 5.99. The van der Waals surface area contributed by atoms with Gasteiger partial charge in [0.25, 0.3) is 0 Å². The fourth-order valence-corrected chi connectivity index (χ4v) is 1.82. The van der Waals surface area contributed by atoms with E-state index in [2.05, 4.69) is 33.0 Å². The van der Waals surface area contributed by atoms with Gasteiger partial charge >= 0.3 is 0 Å². The lowest BCUT2D eigenvalue weighted by atomic mass is 9.95. The Balaban J connectivity index is 4.10. The van der Waals surface area contributed by atoms with Gasteiger partial charge in [-0.25, -0.2) is 0 Å². The van der Waals surface area contributed by atoms with E-state index < -0.39 is 5.60 Å². The van der Waals surface area contributed by atoms with Crippen LogP contribution in [0.4, 0.5) is 0 Å². The van der Waals surface area contributed by atoms with Gasteiger partial charge in [-0.15, -0.1) is 0 Å². The van der Waals surface area contributed by atoms with Gasteiger partial charge in [-0.05, 0) is 31.6 Å². The van der Waals surface area contributed by atoms with E-state index in [1.807, 2.05) is 0 Å². The quantitative estimate of drug-likeness (QED) is 0.597. The zero-order valence-electron chi connectivity index (χ0n) is 11.5. The smallest absolute Gasteiger partial charge is 0.0972 e. The second kappa shape index (κ2) is 7.25. The van der Waals surface area contributed by atoms with Crippen LogP contribution in [-0.2, 0) is 0 Å². The highest BCUT2D eigenvalue weighted by atomic mass is 16.3. The number of aliphatic hydroxyl groups excluding tert-OH is 1. The van der Waals surface area contributed by atoms with Crippen molar-refractivity contribution in [3.63, 3.8) is 0 Å². The lowest BCUT2D eigenvalue weighted by Crippen LogP contribution is -2.45. The van der Waals surface area contributed by atoms with Crippen molar-refractivity contribution in [2.45, 2.75) is 59.1 Å². The average molecular weight is 231 g/mol. The van der Waals surface area contributed by atoms with E-state index in [0.717, 1.165) is 12.8 Å². The van der Waals surface area contributed by atoms with Crippen LogP contribution in [0, 0.1) is 11.8 Å². The molecular formula is C13H29NO2. The van der Waals surface area contributed by atoms with E-state index in [1.165, 1.54) is 0 Å². The molecule has 0 bridgehead atoms. The molecular weight excluding hydrogens is 202 g/mol. The van der Waals surface area contributed by atoms with Crippen molar-refractivity contribution in [3.05, 3.63) is 0 Å². The largest absolute Gasteiger partial charge is 0.393 e. The lowest BCUT2D eigenvalue weighted by molar-refractivity contribution is -0.000211. The van der Waals surface area contributed by atoms with E-state index in [1.54, 1.807) is 6.92 Å². The third-order valence-electron chi connectivity index (χ3n) is 2.62. The summed E-state index contributed by atoms with van der Waals surface area (Å²) in [6.07, 6.45) is 2.22. The van der Waals surface area contributed by atoms with Crippen molar-refractivity contribution in [2.75, 3.05) is 13.2 Å². The molecule has 0 radical (unpaired) electrons. The molecule has 16 heavy (non-hydrogen) atoms. The Hall–Kier alpha value is -0.120. The average Bonchev–Trinajstić information content (AvgIpc) is 2.13. The van der Waals surface area contributed by atoms with Crippen LogP contribution in [0.1, 0.15) is 47.5 Å². The SMILES string of the molecule is CC(C)CC(CC(C)C)NCC(C)(O)CO. The Labute approximate surface area is 100 Å². The van der Waals surface area contributed by atoms with Crippen molar-refractivity contribution in [3.8, 4) is 0 Å². The van der Waals surface area contributed by atoms with E-state index in [9.17, 15) is 5.11 Å². The van der Waals surface area contributed by atoms with Gasteiger partial charge in [0.05, 0.1) is 12.2 Å². The van der Waals surface area contributed by atoms with E-state index >= 15 is 0 Å². The standard InChI is InChI=1S/C13H29NO2/c1-10(2)6-12(7-11(3)4)14-8-13(5,16)9-15/h10-12,14-16H,6-9H2,1-5H3. The first kappa shape index (κ1) is 15.9. The maximum absolute atomic E-state index is 9.73. The van der Waals surface area contributed by atoms with Gasteiger partial charge in [0.2, 0.25) is 0 Å². The van der Waals surface area contributed by atoms with Gasteiger partial charge < -0.3 is 15.5 Å². The molecule has 98 valence electrons. The van der Waals surface area contributed by atoms with Crippen LogP contribution in [0.3, 0.4) is 0 Å². The van der Waals surface area contributed by atoms with Crippen LogP contribution < -0.4 is 5.32 Å². The molecule has 0 fully saturated rings. The van der Waals surface area contributed by atoms with Crippen molar-refractivity contribution in [2.24, 2.45) is 11.8 Å². The summed E-state index contributed by atoms with van der Waals surface area (Å²) in [5.41, 5.74) is -1.01. The maximum atomic E-state index is 9.73. The first-order valence-electron chi connectivity index (χ1n) is 6.33. The Morgan fingerprint density at radius 2 is 1.50 bits per heavy atom. The van der Waals surface area contributed by atoms with Gasteiger partial charge in [-0.2, -0.15) is 0 Å². The summed E-state index contributed by atoms with van der Waals surface area (Å²) in [5.74, 6) is 1.30. The molecule has 0 aromatic heterocycles. The number of hydrogen-bond acceptors (Lipinski definition) is 3. The highest BCUT2D eigenvalue weighted by Gasteiger charge is 2.21. The minimum Gasteiger partial charge on any atom is -0.393 e. The first-order valence-corrected chi connectivity index (χ1v) is 6.33. The molecule has 1 unspecified atom stereocenters. The van der Waals surface area contributed by atoms with Gasteiger partial charge in [-0.1, -0.05) is 27.7 Å². The molecule has 0 aliphatic carbocycles. The number of rotatable bonds is 8. The Morgan fingerprint density at radius 1 is 1.06 bits per heavy atom. The fourth-order valence-electron chi connectivity index (χ4n) is 1.82. The van der Waals surface area contributed by atoms with Crippen LogP contribution in [0.2, 0.25) is 0 Å². The van der Waals surface area contributed by atoms with Crippen LogP contribution in [-0.4, -0.2) is 35.0 Å². The zero-order chi connectivity index (χ0) is 12.8. The summed E-state index contributed by atoms with van der Waals surface area (Å²) in [4.78, 5) is 0. The van der Waals surface area contributed by atoms with E-state index in [0.29, 0.717) is 24.4 Å². The van der Waals surface area contributed by atoms with Crippen molar-refractivity contribution < 1.29 is 10.2 Å². The summed E-state index contributed by atoms with van der Waals surface area (Å²) in [6, 6.07) is 0.429. The molecule has 0 saturated carbocycles. The summed E-state index contributed by atoms with van der Waals surface area (Å²) in [5, 5.41) is 22.1. The minimum atomic E-state index is -1.01. The molecule has 0 amide bonds. The van der Waals surface area contributed by atoms with Gasteiger partial charge in [0.15, 0.2) is 0 Å². The molecule has 0 aliphatic heterocycles. The van der Waals surface area contributed by atoms with Gasteiger partial charge in [0.1, 0.15) is 0 Å². The summed E-state index contributed by atoms with van der Waals surface area (Å²) >= 11 is 0. The third kappa shape index (κ3) is 8.08. The Morgan fingerprint density at radius 3 is 1.81 bits per heavy atom. The van der Waals surface area contributed by atoms with Crippen LogP contribution in [0.15, 0.2) is 0 Å². The normalized spacial score (nSPS) is 16.1. The Kier molecular flexibility index (Phi) is 7.20. The minimum absolute atomic E-state index is 0.198. The van der Waals surface area contributed by atoms with E-state index in [4.69, 9.17) is 5.11 Å². The molecule has 0 aromatic rings. The third-order valence-corrected chi connectivity index (χ3v) is 2.62. The van der Waals surface area contributed by atoms with Crippen LogP contribution in [0.5, 0.6) is 0 Å². The number of hydrogen-bond donors (Lipinski definition) is 3. The summed E-state index contributed by atoms with van der Waals surface area (Å²) in [6.45, 7) is 10.7.